The van der Waals surface area contributed by atoms with Crippen molar-refractivity contribution in [1.82, 2.24) is 4.90 Å². The lowest BCUT2D eigenvalue weighted by molar-refractivity contribution is 0.381. The van der Waals surface area contributed by atoms with Gasteiger partial charge in [0.25, 0.3) is 0 Å². The van der Waals surface area contributed by atoms with Crippen LogP contribution in [-0.2, 0) is 0 Å². The van der Waals surface area contributed by atoms with E-state index in [-0.39, 0.29) is 0 Å². The first-order valence-electron chi connectivity index (χ1n) is 3.65. The summed E-state index contributed by atoms with van der Waals surface area (Å²) in [5.74, 6) is 0.531. The third kappa shape index (κ3) is 0.947. The van der Waals surface area contributed by atoms with Gasteiger partial charge in [-0.2, -0.15) is 12.6 Å². The van der Waals surface area contributed by atoms with Crippen LogP contribution in [0.4, 0.5) is 0 Å². The van der Waals surface area contributed by atoms with Gasteiger partial charge in [-0.05, 0) is 6.92 Å². The van der Waals surface area contributed by atoms with Gasteiger partial charge < -0.3 is 4.90 Å². The van der Waals surface area contributed by atoms with E-state index in [1.165, 1.54) is 5.70 Å². The molecule has 0 radical (unpaired) electrons. The molecule has 3 atom stereocenters. The zero-order chi connectivity index (χ0) is 7.89. The molecule has 58 valence electrons. The largest absolute Gasteiger partial charge is 0.374 e. The minimum atomic E-state index is 0.456. The van der Waals surface area contributed by atoms with Gasteiger partial charge >= 0.3 is 0 Å². The quantitative estimate of drug-likeness (QED) is 0.524. The van der Waals surface area contributed by atoms with Crippen molar-refractivity contribution >= 4 is 12.6 Å². The van der Waals surface area contributed by atoms with Gasteiger partial charge in [0.1, 0.15) is 0 Å². The molecule has 10 heavy (non-hydrogen) atoms. The van der Waals surface area contributed by atoms with Crippen molar-refractivity contribution < 1.29 is 0 Å². The standard InChI is InChI=1S/C8H15NS/c1-5-6(2)9(4)7(3)8(5)10/h5,7-8,10H,2H2,1,3-4H3. The van der Waals surface area contributed by atoms with Crippen LogP contribution in [0.25, 0.3) is 0 Å². The number of hydrogen-bond donors (Lipinski definition) is 1. The maximum absolute atomic E-state index is 4.50. The Labute approximate surface area is 68.5 Å². The fraction of sp³-hybridized carbons (Fsp3) is 0.750. The highest BCUT2D eigenvalue weighted by molar-refractivity contribution is 7.81. The number of rotatable bonds is 0. The average Bonchev–Trinajstić information content (AvgIpc) is 2.07. The van der Waals surface area contributed by atoms with Crippen molar-refractivity contribution in [2.75, 3.05) is 7.05 Å². The predicted molar refractivity (Wildman–Crippen MR) is 48.3 cm³/mol. The highest BCUT2D eigenvalue weighted by Gasteiger charge is 2.34. The van der Waals surface area contributed by atoms with Gasteiger partial charge in [0.2, 0.25) is 0 Å². The van der Waals surface area contributed by atoms with Gasteiger partial charge in [0.05, 0.1) is 0 Å². The second kappa shape index (κ2) is 2.50. The summed E-state index contributed by atoms with van der Waals surface area (Å²) in [5.41, 5.74) is 1.22. The van der Waals surface area contributed by atoms with E-state index in [9.17, 15) is 0 Å². The Bertz CT molecular complexity index is 139. The lowest BCUT2D eigenvalue weighted by Crippen LogP contribution is -2.25. The van der Waals surface area contributed by atoms with Gasteiger partial charge in [0, 0.05) is 30.0 Å². The molecule has 1 nitrogen and oxygen atoms in total. The second-order valence-electron chi connectivity index (χ2n) is 3.12. The van der Waals surface area contributed by atoms with Crippen LogP contribution in [0.3, 0.4) is 0 Å². The van der Waals surface area contributed by atoms with Crippen LogP contribution in [0.2, 0.25) is 0 Å². The molecule has 0 amide bonds. The van der Waals surface area contributed by atoms with E-state index in [1.54, 1.807) is 0 Å². The first-order valence-corrected chi connectivity index (χ1v) is 4.17. The smallest absolute Gasteiger partial charge is 0.0377 e. The number of hydrogen-bond acceptors (Lipinski definition) is 2. The third-order valence-electron chi connectivity index (χ3n) is 2.60. The molecule has 0 spiro atoms. The Kier molecular flexibility index (Phi) is 1.99. The van der Waals surface area contributed by atoms with Gasteiger partial charge in [0.15, 0.2) is 0 Å². The van der Waals surface area contributed by atoms with Gasteiger partial charge in [-0.1, -0.05) is 13.5 Å². The number of thiol groups is 1. The molecular formula is C8H15NS. The van der Waals surface area contributed by atoms with Crippen molar-refractivity contribution in [3.63, 3.8) is 0 Å². The molecule has 1 aliphatic rings. The van der Waals surface area contributed by atoms with E-state index < -0.39 is 0 Å². The molecule has 1 fully saturated rings. The second-order valence-corrected chi connectivity index (χ2v) is 3.72. The normalized spacial score (nSPS) is 41.0. The summed E-state index contributed by atoms with van der Waals surface area (Å²) in [6.07, 6.45) is 0. The highest BCUT2D eigenvalue weighted by atomic mass is 32.1. The number of nitrogens with zero attached hydrogens (tertiary/aromatic N) is 1. The van der Waals surface area contributed by atoms with E-state index in [4.69, 9.17) is 0 Å². The molecule has 0 aromatic carbocycles. The van der Waals surface area contributed by atoms with Crippen LogP contribution in [0.5, 0.6) is 0 Å². The van der Waals surface area contributed by atoms with Crippen LogP contribution >= 0.6 is 12.6 Å². The summed E-state index contributed by atoms with van der Waals surface area (Å²) < 4.78 is 0. The molecule has 1 heterocycles. The summed E-state index contributed by atoms with van der Waals surface area (Å²) >= 11 is 4.50. The minimum Gasteiger partial charge on any atom is -0.374 e. The predicted octanol–water partition coefficient (Wildman–Crippen LogP) is 1.77. The Morgan fingerprint density at radius 2 is 2.00 bits per heavy atom. The maximum atomic E-state index is 4.50. The van der Waals surface area contributed by atoms with Crippen LogP contribution in [0.1, 0.15) is 13.8 Å². The molecule has 0 saturated carbocycles. The lowest BCUT2D eigenvalue weighted by atomic mass is 10.1. The van der Waals surface area contributed by atoms with Crippen molar-refractivity contribution in [3.8, 4) is 0 Å². The maximum Gasteiger partial charge on any atom is 0.0377 e. The number of likely N-dealkylation sites (tertiary alicyclic amines) is 1. The molecular weight excluding hydrogens is 142 g/mol. The summed E-state index contributed by atoms with van der Waals surface area (Å²) in [7, 11) is 2.08. The minimum absolute atomic E-state index is 0.456. The van der Waals surface area contributed by atoms with Crippen LogP contribution in [0, 0.1) is 5.92 Å². The van der Waals surface area contributed by atoms with E-state index in [0.717, 1.165) is 0 Å². The molecule has 1 rings (SSSR count). The molecule has 0 N–H and O–H groups in total. The summed E-state index contributed by atoms with van der Waals surface area (Å²) in [6, 6.07) is 0.533. The molecule has 1 aliphatic heterocycles. The SMILES string of the molecule is C=C1C(C)C(S)C(C)N1C. The van der Waals surface area contributed by atoms with E-state index in [0.29, 0.717) is 17.2 Å². The fourth-order valence-corrected chi connectivity index (χ4v) is 1.80. The van der Waals surface area contributed by atoms with E-state index >= 15 is 0 Å². The lowest BCUT2D eigenvalue weighted by Gasteiger charge is -2.19. The first kappa shape index (κ1) is 7.99. The zero-order valence-electron chi connectivity index (χ0n) is 6.83. The molecule has 0 aliphatic carbocycles. The molecule has 0 bridgehead atoms. The molecule has 2 heteroatoms. The zero-order valence-corrected chi connectivity index (χ0v) is 7.73. The molecule has 0 aromatic heterocycles. The van der Waals surface area contributed by atoms with Crippen molar-refractivity contribution in [3.05, 3.63) is 12.3 Å². The summed E-state index contributed by atoms with van der Waals surface area (Å²) in [6.45, 7) is 8.36. The Morgan fingerprint density at radius 3 is 2.10 bits per heavy atom. The molecule has 0 aromatic rings. The Hall–Kier alpha value is -0.110. The van der Waals surface area contributed by atoms with Gasteiger partial charge in [-0.25, -0.2) is 0 Å². The topological polar surface area (TPSA) is 3.24 Å². The van der Waals surface area contributed by atoms with E-state index in [1.807, 2.05) is 0 Å². The van der Waals surface area contributed by atoms with Crippen molar-refractivity contribution in [2.45, 2.75) is 25.1 Å². The monoisotopic (exact) mass is 157 g/mol. The first-order chi connectivity index (χ1) is 4.55. The van der Waals surface area contributed by atoms with Crippen LogP contribution in [0.15, 0.2) is 12.3 Å². The van der Waals surface area contributed by atoms with Crippen molar-refractivity contribution in [2.24, 2.45) is 5.92 Å². The Morgan fingerprint density at radius 1 is 1.50 bits per heavy atom. The average molecular weight is 157 g/mol. The van der Waals surface area contributed by atoms with Crippen LogP contribution in [-0.4, -0.2) is 23.2 Å². The molecule has 3 unspecified atom stereocenters. The third-order valence-corrected chi connectivity index (χ3v) is 3.47. The Balaban J connectivity index is 2.78. The van der Waals surface area contributed by atoms with Crippen LogP contribution < -0.4 is 0 Å². The number of allylic oxidation sites excluding steroid dienone is 1. The molecule has 1 saturated heterocycles. The highest BCUT2D eigenvalue weighted by Crippen LogP contribution is 2.33. The van der Waals surface area contributed by atoms with Crippen molar-refractivity contribution in [1.29, 1.82) is 0 Å². The fourth-order valence-electron chi connectivity index (χ4n) is 1.43. The summed E-state index contributed by atoms with van der Waals surface area (Å²) in [4.78, 5) is 2.21. The van der Waals surface area contributed by atoms with Gasteiger partial charge in [-0.15, -0.1) is 0 Å². The van der Waals surface area contributed by atoms with E-state index in [2.05, 4.69) is 45.0 Å². The van der Waals surface area contributed by atoms with Gasteiger partial charge in [-0.3, -0.25) is 0 Å². The summed E-state index contributed by atoms with van der Waals surface area (Å²) in [5, 5.41) is 0.456.